The first-order valence-corrected chi connectivity index (χ1v) is 4.21. The highest BCUT2D eigenvalue weighted by Crippen LogP contribution is 2.21. The van der Waals surface area contributed by atoms with E-state index in [0.29, 0.717) is 5.69 Å². The quantitative estimate of drug-likeness (QED) is 0.738. The zero-order valence-corrected chi connectivity index (χ0v) is 8.04. The number of fused-ring (bicyclic) bond motifs is 1. The van der Waals surface area contributed by atoms with Gasteiger partial charge in [-0.2, -0.15) is 5.10 Å². The summed E-state index contributed by atoms with van der Waals surface area (Å²) in [5, 5.41) is 4.15. The van der Waals surface area contributed by atoms with E-state index in [1.807, 2.05) is 13.1 Å². The van der Waals surface area contributed by atoms with Crippen LogP contribution >= 0.6 is 15.9 Å². The fraction of sp³-hybridized carbons (Fsp3) is 0.143. The first kappa shape index (κ1) is 7.54. The van der Waals surface area contributed by atoms with Crippen LogP contribution in [0, 0.1) is 0 Å². The first-order valence-electron chi connectivity index (χ1n) is 3.42. The lowest BCUT2D eigenvalue weighted by molar-refractivity contribution is 0.788. The van der Waals surface area contributed by atoms with E-state index in [4.69, 9.17) is 5.73 Å². The summed E-state index contributed by atoms with van der Waals surface area (Å²) in [6.07, 6.45) is 1.62. The fourth-order valence-electron chi connectivity index (χ4n) is 1.11. The SMILES string of the molecule is Cn1nc(Br)c2ncc(N)cc21. The Balaban J connectivity index is 2.90. The molecule has 0 unspecified atom stereocenters. The number of nitrogens with zero attached hydrogens (tertiary/aromatic N) is 3. The summed E-state index contributed by atoms with van der Waals surface area (Å²) in [4.78, 5) is 4.15. The summed E-state index contributed by atoms with van der Waals surface area (Å²) in [6.45, 7) is 0. The number of nitrogen functional groups attached to an aromatic ring is 1. The maximum Gasteiger partial charge on any atom is 0.154 e. The van der Waals surface area contributed by atoms with Gasteiger partial charge in [-0.1, -0.05) is 0 Å². The van der Waals surface area contributed by atoms with Crippen LogP contribution in [0.5, 0.6) is 0 Å². The number of hydrogen-bond acceptors (Lipinski definition) is 3. The molecule has 12 heavy (non-hydrogen) atoms. The van der Waals surface area contributed by atoms with Gasteiger partial charge in [0.15, 0.2) is 4.60 Å². The van der Waals surface area contributed by atoms with Gasteiger partial charge in [0, 0.05) is 7.05 Å². The van der Waals surface area contributed by atoms with Crippen molar-refractivity contribution in [3.05, 3.63) is 16.9 Å². The molecule has 0 saturated carbocycles. The molecular weight excluding hydrogens is 220 g/mol. The lowest BCUT2D eigenvalue weighted by Gasteiger charge is -1.93. The van der Waals surface area contributed by atoms with Crippen LogP contribution in [0.15, 0.2) is 16.9 Å². The molecule has 0 fully saturated rings. The van der Waals surface area contributed by atoms with Crippen LogP contribution in [-0.4, -0.2) is 14.8 Å². The Hall–Kier alpha value is -1.10. The van der Waals surface area contributed by atoms with Crippen LogP contribution in [0.25, 0.3) is 11.0 Å². The molecule has 0 spiro atoms. The van der Waals surface area contributed by atoms with Crippen molar-refractivity contribution in [2.45, 2.75) is 0 Å². The van der Waals surface area contributed by atoms with Crippen molar-refractivity contribution in [2.24, 2.45) is 7.05 Å². The number of pyridine rings is 1. The number of hydrogen-bond donors (Lipinski definition) is 1. The topological polar surface area (TPSA) is 56.7 Å². The van der Waals surface area contributed by atoms with Crippen LogP contribution in [0.2, 0.25) is 0 Å². The third kappa shape index (κ3) is 0.972. The summed E-state index contributed by atoms with van der Waals surface area (Å²) in [5.41, 5.74) is 8.01. The molecule has 5 heteroatoms. The highest BCUT2D eigenvalue weighted by atomic mass is 79.9. The number of nitrogens with two attached hydrogens (primary N) is 1. The molecule has 0 atom stereocenters. The Kier molecular flexibility index (Phi) is 1.54. The van der Waals surface area contributed by atoms with Crippen LogP contribution in [0.4, 0.5) is 5.69 Å². The van der Waals surface area contributed by atoms with Crippen LogP contribution < -0.4 is 5.73 Å². The maximum absolute atomic E-state index is 5.58. The molecule has 62 valence electrons. The molecule has 0 aromatic carbocycles. The highest BCUT2D eigenvalue weighted by molar-refractivity contribution is 9.10. The Labute approximate surface area is 77.5 Å². The number of aromatic nitrogens is 3. The van der Waals surface area contributed by atoms with Crippen molar-refractivity contribution >= 4 is 32.7 Å². The summed E-state index contributed by atoms with van der Waals surface area (Å²) >= 11 is 3.31. The molecule has 2 heterocycles. The van der Waals surface area contributed by atoms with E-state index in [-0.39, 0.29) is 0 Å². The van der Waals surface area contributed by atoms with Gasteiger partial charge in [-0.05, 0) is 22.0 Å². The van der Waals surface area contributed by atoms with Gasteiger partial charge < -0.3 is 5.73 Å². The van der Waals surface area contributed by atoms with E-state index in [2.05, 4.69) is 26.0 Å². The number of aryl methyl sites for hydroxylation is 1. The molecular formula is C7H7BrN4. The summed E-state index contributed by atoms with van der Waals surface area (Å²) in [7, 11) is 1.86. The van der Waals surface area contributed by atoms with E-state index in [1.165, 1.54) is 0 Å². The van der Waals surface area contributed by atoms with E-state index in [1.54, 1.807) is 10.9 Å². The summed E-state index contributed by atoms with van der Waals surface area (Å²) in [6, 6.07) is 1.85. The Morgan fingerprint density at radius 2 is 2.33 bits per heavy atom. The van der Waals surface area contributed by atoms with E-state index >= 15 is 0 Å². The molecule has 4 nitrogen and oxygen atoms in total. The molecule has 2 N–H and O–H groups in total. The van der Waals surface area contributed by atoms with Gasteiger partial charge in [0.1, 0.15) is 5.52 Å². The van der Waals surface area contributed by atoms with Gasteiger partial charge in [0.05, 0.1) is 17.4 Å². The van der Waals surface area contributed by atoms with E-state index in [0.717, 1.165) is 15.6 Å². The van der Waals surface area contributed by atoms with Crippen LogP contribution in [0.1, 0.15) is 0 Å². The van der Waals surface area contributed by atoms with Crippen molar-refractivity contribution in [1.29, 1.82) is 0 Å². The Morgan fingerprint density at radius 3 is 3.08 bits per heavy atom. The maximum atomic E-state index is 5.58. The number of anilines is 1. The average molecular weight is 227 g/mol. The molecule has 0 aliphatic heterocycles. The predicted molar refractivity (Wildman–Crippen MR) is 50.6 cm³/mol. The van der Waals surface area contributed by atoms with Crippen molar-refractivity contribution < 1.29 is 0 Å². The molecule has 0 aliphatic carbocycles. The lowest BCUT2D eigenvalue weighted by atomic mass is 10.3. The van der Waals surface area contributed by atoms with Gasteiger partial charge in [0.25, 0.3) is 0 Å². The molecule has 0 radical (unpaired) electrons. The van der Waals surface area contributed by atoms with Crippen molar-refractivity contribution in [1.82, 2.24) is 14.8 Å². The van der Waals surface area contributed by atoms with Crippen molar-refractivity contribution in [2.75, 3.05) is 5.73 Å². The normalized spacial score (nSPS) is 10.8. The molecule has 2 aromatic heterocycles. The molecule has 2 aromatic rings. The second-order valence-corrected chi connectivity index (χ2v) is 3.30. The minimum Gasteiger partial charge on any atom is -0.397 e. The molecule has 0 aliphatic rings. The van der Waals surface area contributed by atoms with Crippen molar-refractivity contribution in [3.8, 4) is 0 Å². The largest absolute Gasteiger partial charge is 0.397 e. The summed E-state index contributed by atoms with van der Waals surface area (Å²) < 4.78 is 2.49. The van der Waals surface area contributed by atoms with Gasteiger partial charge in [-0.15, -0.1) is 0 Å². The standard InChI is InChI=1S/C7H7BrN4/c1-12-5-2-4(9)3-10-6(5)7(8)11-12/h2-3H,9H2,1H3. The highest BCUT2D eigenvalue weighted by Gasteiger charge is 2.06. The predicted octanol–water partition coefficient (Wildman–Crippen LogP) is 1.31. The zero-order valence-electron chi connectivity index (χ0n) is 6.45. The number of rotatable bonds is 0. The molecule has 0 bridgehead atoms. The fourth-order valence-corrected chi connectivity index (χ4v) is 1.65. The van der Waals surface area contributed by atoms with E-state index in [9.17, 15) is 0 Å². The minimum absolute atomic E-state index is 0.651. The van der Waals surface area contributed by atoms with Crippen LogP contribution in [0.3, 0.4) is 0 Å². The van der Waals surface area contributed by atoms with Gasteiger partial charge >= 0.3 is 0 Å². The monoisotopic (exact) mass is 226 g/mol. The third-order valence-electron chi connectivity index (χ3n) is 1.67. The Morgan fingerprint density at radius 1 is 1.58 bits per heavy atom. The second-order valence-electron chi connectivity index (χ2n) is 2.55. The number of halogens is 1. The molecule has 0 amide bonds. The van der Waals surface area contributed by atoms with E-state index < -0.39 is 0 Å². The van der Waals surface area contributed by atoms with Gasteiger partial charge in [0.2, 0.25) is 0 Å². The summed E-state index contributed by atoms with van der Waals surface area (Å²) in [5.74, 6) is 0. The lowest BCUT2D eigenvalue weighted by Crippen LogP contribution is -1.91. The minimum atomic E-state index is 0.651. The molecule has 0 saturated heterocycles. The first-order chi connectivity index (χ1) is 5.68. The van der Waals surface area contributed by atoms with Gasteiger partial charge in [-0.3, -0.25) is 4.68 Å². The smallest absolute Gasteiger partial charge is 0.154 e. The van der Waals surface area contributed by atoms with Gasteiger partial charge in [-0.25, -0.2) is 4.98 Å². The van der Waals surface area contributed by atoms with Crippen LogP contribution in [-0.2, 0) is 7.05 Å². The zero-order chi connectivity index (χ0) is 8.72. The van der Waals surface area contributed by atoms with Crippen molar-refractivity contribution in [3.63, 3.8) is 0 Å². The molecule has 2 rings (SSSR count). The third-order valence-corrected chi connectivity index (χ3v) is 2.20. The Bertz CT molecular complexity index is 434. The average Bonchev–Trinajstić information content (AvgIpc) is 2.28. The second kappa shape index (κ2) is 2.45.